The van der Waals surface area contributed by atoms with Crippen LogP contribution in [-0.2, 0) is 10.8 Å². The van der Waals surface area contributed by atoms with E-state index in [2.05, 4.69) is 11.1 Å². The van der Waals surface area contributed by atoms with E-state index in [1.54, 1.807) is 18.3 Å². The maximum Gasteiger partial charge on any atom is 0.146 e. The number of hydrogen-bond acceptors (Lipinski definition) is 4. The maximum atomic E-state index is 11.2. The third-order valence-corrected chi connectivity index (χ3v) is 3.66. The van der Waals surface area contributed by atoms with Crippen molar-refractivity contribution in [1.82, 2.24) is 4.98 Å². The lowest BCUT2D eigenvalue weighted by Gasteiger charge is -2.27. The van der Waals surface area contributed by atoms with Crippen LogP contribution in [0.15, 0.2) is 18.3 Å². The van der Waals surface area contributed by atoms with Crippen LogP contribution >= 0.6 is 0 Å². The van der Waals surface area contributed by atoms with E-state index in [1.807, 2.05) is 4.90 Å². The Balaban J connectivity index is 2.23. The van der Waals surface area contributed by atoms with Crippen LogP contribution in [-0.4, -0.2) is 33.8 Å². The molecular weight excluding hydrogens is 210 g/mol. The molecule has 2 rings (SSSR count). The van der Waals surface area contributed by atoms with Crippen molar-refractivity contribution < 1.29 is 4.21 Å². The van der Waals surface area contributed by atoms with Crippen molar-refractivity contribution in [3.05, 3.63) is 23.9 Å². The molecule has 0 bridgehead atoms. The highest BCUT2D eigenvalue weighted by Gasteiger charge is 2.18. The van der Waals surface area contributed by atoms with Crippen LogP contribution in [0.25, 0.3) is 0 Å². The standard InChI is InChI=1S/C10H11N3OS/c11-8-9-2-1-3-12-10(9)13-4-6-15(14)7-5-13/h1-3H,4-7H2. The van der Waals surface area contributed by atoms with E-state index in [9.17, 15) is 4.21 Å². The molecule has 4 nitrogen and oxygen atoms in total. The Bertz CT molecular complexity index is 417. The first-order valence-electron chi connectivity index (χ1n) is 4.76. The summed E-state index contributed by atoms with van der Waals surface area (Å²) in [5, 5.41) is 8.92. The van der Waals surface area contributed by atoms with Gasteiger partial charge in [0, 0.05) is 41.6 Å². The Morgan fingerprint density at radius 2 is 2.20 bits per heavy atom. The van der Waals surface area contributed by atoms with Gasteiger partial charge in [0.25, 0.3) is 0 Å². The summed E-state index contributed by atoms with van der Waals surface area (Å²) < 4.78 is 11.2. The molecule has 0 saturated carbocycles. The van der Waals surface area contributed by atoms with Gasteiger partial charge >= 0.3 is 0 Å². The number of nitrogens with zero attached hydrogens (tertiary/aromatic N) is 3. The minimum absolute atomic E-state index is 0.588. The number of pyridine rings is 1. The fraction of sp³-hybridized carbons (Fsp3) is 0.400. The van der Waals surface area contributed by atoms with Crippen molar-refractivity contribution in [2.45, 2.75) is 0 Å². The van der Waals surface area contributed by atoms with Gasteiger partial charge in [-0.15, -0.1) is 0 Å². The van der Waals surface area contributed by atoms with Crippen molar-refractivity contribution in [2.24, 2.45) is 0 Å². The molecule has 0 amide bonds. The highest BCUT2D eigenvalue weighted by Crippen LogP contribution is 2.17. The Hall–Kier alpha value is -1.41. The fourth-order valence-corrected chi connectivity index (χ4v) is 2.64. The van der Waals surface area contributed by atoms with E-state index >= 15 is 0 Å². The topological polar surface area (TPSA) is 57.0 Å². The number of hydrogen-bond donors (Lipinski definition) is 0. The van der Waals surface area contributed by atoms with E-state index in [1.165, 1.54) is 0 Å². The predicted octanol–water partition coefficient (Wildman–Crippen LogP) is 0.522. The molecule has 0 spiro atoms. The van der Waals surface area contributed by atoms with Gasteiger partial charge in [-0.1, -0.05) is 0 Å². The molecule has 1 aromatic rings. The lowest BCUT2D eigenvalue weighted by Crippen LogP contribution is -2.38. The smallest absolute Gasteiger partial charge is 0.146 e. The van der Waals surface area contributed by atoms with E-state index in [-0.39, 0.29) is 0 Å². The number of aromatic nitrogens is 1. The summed E-state index contributed by atoms with van der Waals surface area (Å²) in [5.41, 5.74) is 0.588. The molecule has 15 heavy (non-hydrogen) atoms. The second kappa shape index (κ2) is 4.41. The van der Waals surface area contributed by atoms with Crippen LogP contribution in [0, 0.1) is 11.3 Å². The Morgan fingerprint density at radius 3 is 2.87 bits per heavy atom. The average molecular weight is 221 g/mol. The fourth-order valence-electron chi connectivity index (χ4n) is 1.59. The molecule has 1 aliphatic rings. The summed E-state index contributed by atoms with van der Waals surface area (Å²) in [4.78, 5) is 6.23. The lowest BCUT2D eigenvalue weighted by atomic mass is 10.2. The van der Waals surface area contributed by atoms with Crippen molar-refractivity contribution >= 4 is 16.6 Å². The summed E-state index contributed by atoms with van der Waals surface area (Å²) in [5.74, 6) is 2.06. The van der Waals surface area contributed by atoms with Crippen molar-refractivity contribution in [1.29, 1.82) is 5.26 Å². The molecule has 0 aliphatic carbocycles. The molecule has 1 aromatic heterocycles. The zero-order valence-electron chi connectivity index (χ0n) is 8.22. The van der Waals surface area contributed by atoms with Crippen molar-refractivity contribution in [3.8, 4) is 6.07 Å². The van der Waals surface area contributed by atoms with Gasteiger partial charge in [-0.05, 0) is 12.1 Å². The largest absolute Gasteiger partial charge is 0.354 e. The number of nitriles is 1. The third-order valence-electron chi connectivity index (χ3n) is 2.38. The first kappa shape index (κ1) is 10.1. The van der Waals surface area contributed by atoms with E-state index < -0.39 is 10.8 Å². The monoisotopic (exact) mass is 221 g/mol. The third kappa shape index (κ3) is 2.16. The summed E-state index contributed by atoms with van der Waals surface area (Å²) in [6.07, 6.45) is 1.68. The van der Waals surface area contributed by atoms with Gasteiger partial charge in [0.05, 0.1) is 5.56 Å². The van der Waals surface area contributed by atoms with Gasteiger partial charge in [-0.25, -0.2) is 4.98 Å². The molecule has 1 aliphatic heterocycles. The normalized spacial score (nSPS) is 17.4. The van der Waals surface area contributed by atoms with Crippen LogP contribution < -0.4 is 4.90 Å². The summed E-state index contributed by atoms with van der Waals surface area (Å²) in [6, 6.07) is 5.64. The zero-order chi connectivity index (χ0) is 10.7. The van der Waals surface area contributed by atoms with E-state index in [0.29, 0.717) is 17.1 Å². The first-order chi connectivity index (χ1) is 7.31. The highest BCUT2D eigenvalue weighted by molar-refractivity contribution is 7.85. The Morgan fingerprint density at radius 1 is 1.47 bits per heavy atom. The van der Waals surface area contributed by atoms with Crippen LogP contribution in [0.2, 0.25) is 0 Å². The second-order valence-electron chi connectivity index (χ2n) is 3.32. The van der Waals surface area contributed by atoms with Crippen LogP contribution in [0.1, 0.15) is 5.56 Å². The maximum absolute atomic E-state index is 11.2. The van der Waals surface area contributed by atoms with Crippen molar-refractivity contribution in [2.75, 3.05) is 29.5 Å². The van der Waals surface area contributed by atoms with Gasteiger partial charge in [0.15, 0.2) is 0 Å². The minimum Gasteiger partial charge on any atom is -0.354 e. The first-order valence-corrected chi connectivity index (χ1v) is 6.25. The zero-order valence-corrected chi connectivity index (χ0v) is 9.04. The lowest BCUT2D eigenvalue weighted by molar-refractivity contribution is 0.672. The number of rotatable bonds is 1. The second-order valence-corrected chi connectivity index (χ2v) is 5.02. The summed E-state index contributed by atoms with van der Waals surface area (Å²) >= 11 is 0. The molecule has 0 radical (unpaired) electrons. The molecule has 1 saturated heterocycles. The average Bonchev–Trinajstić information content (AvgIpc) is 2.30. The molecule has 0 unspecified atom stereocenters. The highest BCUT2D eigenvalue weighted by atomic mass is 32.2. The van der Waals surface area contributed by atoms with Gasteiger partial charge < -0.3 is 4.90 Å². The Kier molecular flexibility index (Phi) is 2.97. The molecule has 0 atom stereocenters. The summed E-state index contributed by atoms with van der Waals surface area (Å²) in [6.45, 7) is 1.44. The van der Waals surface area contributed by atoms with Crippen LogP contribution in [0.4, 0.5) is 5.82 Å². The summed E-state index contributed by atoms with van der Waals surface area (Å²) in [7, 11) is -0.696. The molecule has 78 valence electrons. The minimum atomic E-state index is -0.696. The predicted molar refractivity (Wildman–Crippen MR) is 59.0 cm³/mol. The van der Waals surface area contributed by atoms with E-state index in [0.717, 1.165) is 18.9 Å². The van der Waals surface area contributed by atoms with Crippen LogP contribution in [0.3, 0.4) is 0 Å². The van der Waals surface area contributed by atoms with Gasteiger partial charge in [0.2, 0.25) is 0 Å². The molecule has 2 heterocycles. The SMILES string of the molecule is N#Cc1cccnc1N1CCS(=O)CC1. The van der Waals surface area contributed by atoms with Gasteiger partial charge in [-0.3, -0.25) is 4.21 Å². The van der Waals surface area contributed by atoms with Gasteiger partial charge in [-0.2, -0.15) is 5.26 Å². The van der Waals surface area contributed by atoms with Crippen LogP contribution in [0.5, 0.6) is 0 Å². The quantitative estimate of drug-likeness (QED) is 0.694. The van der Waals surface area contributed by atoms with E-state index in [4.69, 9.17) is 5.26 Å². The van der Waals surface area contributed by atoms with Gasteiger partial charge in [0.1, 0.15) is 11.9 Å². The molecular formula is C10H11N3OS. The molecule has 5 heteroatoms. The molecule has 0 N–H and O–H groups in total. The van der Waals surface area contributed by atoms with Crippen molar-refractivity contribution in [3.63, 3.8) is 0 Å². The number of anilines is 1. The Labute approximate surface area is 91.0 Å². The molecule has 0 aromatic carbocycles. The molecule has 1 fully saturated rings.